The van der Waals surface area contributed by atoms with Crippen LogP contribution in [-0.4, -0.2) is 46.0 Å². The van der Waals surface area contributed by atoms with Crippen LogP contribution in [0.5, 0.6) is 0 Å². The van der Waals surface area contributed by atoms with Crippen molar-refractivity contribution in [1.29, 1.82) is 0 Å². The van der Waals surface area contributed by atoms with Crippen molar-refractivity contribution in [3.05, 3.63) is 70.9 Å². The molecule has 176 valence electrons. The number of carbonyl (C=O) groups is 5. The number of hydrogen-bond donors (Lipinski definition) is 6. The number of hydrogen-bond acceptors (Lipinski definition) is 6. The van der Waals surface area contributed by atoms with E-state index in [1.165, 1.54) is 6.07 Å². The summed E-state index contributed by atoms with van der Waals surface area (Å²) in [6.45, 7) is 0.376. The van der Waals surface area contributed by atoms with Gasteiger partial charge in [-0.25, -0.2) is 9.59 Å². The minimum absolute atomic E-state index is 0.161. The SMILES string of the molecule is O=C(O)CC[C@@H](NC(=O)c1cccc(CNc2ccc(/C=C3\NC(=O)NC3=O)cc2)c1)C(=O)O. The molecule has 0 spiro atoms. The van der Waals surface area contributed by atoms with E-state index in [0.717, 1.165) is 11.3 Å². The Bertz CT molecular complexity index is 1160. The zero-order valence-electron chi connectivity index (χ0n) is 17.8. The molecule has 1 aliphatic rings. The number of aliphatic carboxylic acids is 2. The molecule has 0 saturated carbocycles. The van der Waals surface area contributed by atoms with Crippen LogP contribution in [0.2, 0.25) is 0 Å². The van der Waals surface area contributed by atoms with E-state index in [1.807, 2.05) is 0 Å². The van der Waals surface area contributed by atoms with E-state index in [0.29, 0.717) is 12.1 Å². The summed E-state index contributed by atoms with van der Waals surface area (Å²) in [6.07, 6.45) is 0.952. The van der Waals surface area contributed by atoms with Gasteiger partial charge in [-0.1, -0.05) is 24.3 Å². The number of anilines is 1. The van der Waals surface area contributed by atoms with Gasteiger partial charge in [0.05, 0.1) is 0 Å². The molecule has 3 rings (SSSR count). The lowest BCUT2D eigenvalue weighted by molar-refractivity contribution is -0.140. The molecule has 1 atom stereocenters. The number of rotatable bonds is 10. The Morgan fingerprint density at radius 3 is 2.35 bits per heavy atom. The first-order chi connectivity index (χ1) is 16.2. The number of nitrogens with one attached hydrogen (secondary N) is 4. The number of benzene rings is 2. The summed E-state index contributed by atoms with van der Waals surface area (Å²) in [7, 11) is 0. The van der Waals surface area contributed by atoms with Crippen molar-refractivity contribution in [2.45, 2.75) is 25.4 Å². The van der Waals surface area contributed by atoms with Crippen LogP contribution in [0, 0.1) is 0 Å². The Labute approximate surface area is 193 Å². The normalized spacial score (nSPS) is 14.8. The Kier molecular flexibility index (Phi) is 7.60. The highest BCUT2D eigenvalue weighted by Crippen LogP contribution is 2.15. The maximum atomic E-state index is 12.5. The molecule has 11 nitrogen and oxygen atoms in total. The lowest BCUT2D eigenvalue weighted by atomic mass is 10.1. The minimum atomic E-state index is -1.30. The molecule has 0 bridgehead atoms. The highest BCUT2D eigenvalue weighted by atomic mass is 16.4. The van der Waals surface area contributed by atoms with Gasteiger partial charge in [0, 0.05) is 24.2 Å². The van der Waals surface area contributed by atoms with Crippen molar-refractivity contribution in [3.8, 4) is 0 Å². The number of amides is 4. The second-order valence-corrected chi connectivity index (χ2v) is 7.44. The van der Waals surface area contributed by atoms with Crippen molar-refractivity contribution < 1.29 is 34.2 Å². The van der Waals surface area contributed by atoms with E-state index < -0.39 is 35.8 Å². The highest BCUT2D eigenvalue weighted by molar-refractivity contribution is 6.14. The van der Waals surface area contributed by atoms with Gasteiger partial charge in [-0.2, -0.15) is 0 Å². The van der Waals surface area contributed by atoms with E-state index in [9.17, 15) is 29.1 Å². The molecule has 11 heteroatoms. The zero-order valence-corrected chi connectivity index (χ0v) is 17.8. The summed E-state index contributed by atoms with van der Waals surface area (Å²) in [4.78, 5) is 57.2. The molecule has 0 aromatic heterocycles. The molecule has 1 aliphatic heterocycles. The fourth-order valence-corrected chi connectivity index (χ4v) is 3.14. The molecular weight excluding hydrogens is 444 g/mol. The van der Waals surface area contributed by atoms with Crippen LogP contribution in [-0.2, 0) is 20.9 Å². The lowest BCUT2D eigenvalue weighted by Crippen LogP contribution is -2.41. The van der Waals surface area contributed by atoms with Crippen molar-refractivity contribution >= 4 is 41.5 Å². The summed E-state index contributed by atoms with van der Waals surface area (Å²) in [6, 6.07) is 11.8. The first-order valence-corrected chi connectivity index (χ1v) is 10.2. The van der Waals surface area contributed by atoms with E-state index >= 15 is 0 Å². The first kappa shape index (κ1) is 24.0. The molecule has 0 unspecified atom stereocenters. The Hall–Kier alpha value is -4.67. The Morgan fingerprint density at radius 2 is 1.74 bits per heavy atom. The molecule has 1 heterocycles. The molecule has 4 amide bonds. The predicted octanol–water partition coefficient (Wildman–Crippen LogP) is 1.53. The Balaban J connectivity index is 1.59. The van der Waals surface area contributed by atoms with Gasteiger partial charge in [-0.15, -0.1) is 0 Å². The van der Waals surface area contributed by atoms with Crippen LogP contribution in [0.25, 0.3) is 6.08 Å². The smallest absolute Gasteiger partial charge is 0.326 e. The average Bonchev–Trinajstić information content (AvgIpc) is 3.12. The van der Waals surface area contributed by atoms with Crippen LogP contribution in [0.4, 0.5) is 10.5 Å². The van der Waals surface area contributed by atoms with Gasteiger partial charge in [0.2, 0.25) is 0 Å². The monoisotopic (exact) mass is 466 g/mol. The third kappa shape index (κ3) is 6.66. The van der Waals surface area contributed by atoms with Gasteiger partial charge >= 0.3 is 18.0 Å². The van der Waals surface area contributed by atoms with Gasteiger partial charge < -0.3 is 26.2 Å². The molecule has 34 heavy (non-hydrogen) atoms. The molecule has 2 aromatic carbocycles. The fraction of sp³-hybridized carbons (Fsp3) is 0.174. The van der Waals surface area contributed by atoms with Gasteiger partial charge in [0.25, 0.3) is 11.8 Å². The summed E-state index contributed by atoms with van der Waals surface area (Å²) >= 11 is 0. The molecule has 6 N–H and O–H groups in total. The molecule has 0 radical (unpaired) electrons. The summed E-state index contributed by atoms with van der Waals surface area (Å²) in [5.74, 6) is -3.55. The second-order valence-electron chi connectivity index (χ2n) is 7.44. The van der Waals surface area contributed by atoms with Crippen LogP contribution < -0.4 is 21.3 Å². The maximum Gasteiger partial charge on any atom is 0.326 e. The van der Waals surface area contributed by atoms with E-state index in [4.69, 9.17) is 5.11 Å². The van der Waals surface area contributed by atoms with Crippen LogP contribution in [0.3, 0.4) is 0 Å². The maximum absolute atomic E-state index is 12.5. The quantitative estimate of drug-likeness (QED) is 0.226. The summed E-state index contributed by atoms with van der Waals surface area (Å²) in [5.41, 5.74) is 2.67. The van der Waals surface area contributed by atoms with Crippen LogP contribution in [0.15, 0.2) is 54.2 Å². The number of imide groups is 1. The van der Waals surface area contributed by atoms with Crippen molar-refractivity contribution in [2.75, 3.05) is 5.32 Å². The molecule has 2 aromatic rings. The summed E-state index contributed by atoms with van der Waals surface area (Å²) < 4.78 is 0. The molecule has 0 aliphatic carbocycles. The van der Waals surface area contributed by atoms with Gasteiger partial charge in [0.15, 0.2) is 0 Å². The van der Waals surface area contributed by atoms with Crippen LogP contribution >= 0.6 is 0 Å². The number of carbonyl (C=O) groups excluding carboxylic acids is 3. The van der Waals surface area contributed by atoms with E-state index in [-0.39, 0.29) is 24.1 Å². The van der Waals surface area contributed by atoms with Crippen molar-refractivity contribution in [1.82, 2.24) is 16.0 Å². The van der Waals surface area contributed by atoms with Gasteiger partial charge in [0.1, 0.15) is 11.7 Å². The topological polar surface area (TPSA) is 174 Å². The third-order valence-electron chi connectivity index (χ3n) is 4.88. The fourth-order valence-electron chi connectivity index (χ4n) is 3.14. The molecular formula is C23H22N4O7. The molecule has 1 saturated heterocycles. The van der Waals surface area contributed by atoms with E-state index in [2.05, 4.69) is 21.3 Å². The third-order valence-corrected chi connectivity index (χ3v) is 4.88. The minimum Gasteiger partial charge on any atom is -0.481 e. The lowest BCUT2D eigenvalue weighted by Gasteiger charge is -2.14. The number of carboxylic acids is 2. The molecule has 1 fully saturated rings. The number of carboxylic acid groups (broad SMARTS) is 2. The predicted molar refractivity (Wildman–Crippen MR) is 121 cm³/mol. The van der Waals surface area contributed by atoms with Crippen molar-refractivity contribution in [3.63, 3.8) is 0 Å². The highest BCUT2D eigenvalue weighted by Gasteiger charge is 2.23. The average molecular weight is 466 g/mol. The van der Waals surface area contributed by atoms with Gasteiger partial charge in [-0.05, 0) is 47.9 Å². The van der Waals surface area contributed by atoms with E-state index in [1.54, 1.807) is 48.5 Å². The first-order valence-electron chi connectivity index (χ1n) is 10.2. The second kappa shape index (κ2) is 10.8. The van der Waals surface area contributed by atoms with Crippen molar-refractivity contribution in [2.24, 2.45) is 0 Å². The zero-order chi connectivity index (χ0) is 24.7. The standard InChI is InChI=1S/C23H22N4O7/c28-19(29)9-8-17(22(32)33)25-20(30)15-3-1-2-14(10-15)12-24-16-6-4-13(5-7-16)11-18-21(31)27-23(34)26-18/h1-7,10-11,17,24H,8-9,12H2,(H,25,30)(H,28,29)(H,32,33)(H2,26,27,31,34)/b18-11-/t17-/m1/s1. The Morgan fingerprint density at radius 1 is 1.00 bits per heavy atom. The van der Waals surface area contributed by atoms with Crippen LogP contribution in [0.1, 0.15) is 34.3 Å². The summed E-state index contributed by atoms with van der Waals surface area (Å²) in [5, 5.41) is 28.0. The largest absolute Gasteiger partial charge is 0.481 e. The van der Waals surface area contributed by atoms with Gasteiger partial charge in [-0.3, -0.25) is 19.7 Å². The number of urea groups is 1.